The van der Waals surface area contributed by atoms with E-state index in [-0.39, 0.29) is 6.04 Å². The van der Waals surface area contributed by atoms with Crippen LogP contribution in [0.1, 0.15) is 36.4 Å². The van der Waals surface area contributed by atoms with Crippen LogP contribution in [0, 0.1) is 5.41 Å². The van der Waals surface area contributed by atoms with Gasteiger partial charge in [-0.15, -0.1) is 6.58 Å². The Kier molecular flexibility index (Phi) is 4.60. The Morgan fingerprint density at radius 3 is 2.55 bits per heavy atom. The van der Waals surface area contributed by atoms with Gasteiger partial charge in [-0.3, -0.25) is 4.79 Å². The zero-order chi connectivity index (χ0) is 16.4. The third kappa shape index (κ3) is 3.32. The Bertz CT molecular complexity index is 554. The molecule has 0 aromatic heterocycles. The summed E-state index contributed by atoms with van der Waals surface area (Å²) in [5.41, 5.74) is -0.939. The summed E-state index contributed by atoms with van der Waals surface area (Å²) in [6.07, 6.45) is -1.62. The Labute approximate surface area is 126 Å². The van der Waals surface area contributed by atoms with Crippen LogP contribution < -0.4 is 5.32 Å². The first-order valence-corrected chi connectivity index (χ1v) is 7.03. The second-order valence-corrected chi connectivity index (χ2v) is 5.66. The van der Waals surface area contributed by atoms with Gasteiger partial charge in [0.05, 0.1) is 11.0 Å². The number of hydrogen-bond acceptors (Lipinski definition) is 2. The van der Waals surface area contributed by atoms with Crippen molar-refractivity contribution >= 4 is 5.97 Å². The number of allylic oxidation sites excluding steroid dienone is 1. The zero-order valence-electron chi connectivity index (χ0n) is 12.0. The number of carboxylic acids is 1. The molecule has 0 saturated carbocycles. The van der Waals surface area contributed by atoms with Crippen molar-refractivity contribution in [2.24, 2.45) is 5.41 Å². The summed E-state index contributed by atoms with van der Waals surface area (Å²) in [5.74, 6) is -0.884. The van der Waals surface area contributed by atoms with Gasteiger partial charge in [-0.05, 0) is 43.5 Å². The molecular formula is C16H18F3NO2. The summed E-state index contributed by atoms with van der Waals surface area (Å²) in [4.78, 5) is 11.6. The molecule has 2 atom stereocenters. The van der Waals surface area contributed by atoms with E-state index < -0.39 is 23.1 Å². The number of carbonyl (C=O) groups is 1. The molecule has 120 valence electrons. The summed E-state index contributed by atoms with van der Waals surface area (Å²) in [6, 6.07) is 4.61. The van der Waals surface area contributed by atoms with Gasteiger partial charge in [-0.2, -0.15) is 13.2 Å². The van der Waals surface area contributed by atoms with Crippen molar-refractivity contribution < 1.29 is 23.1 Å². The molecule has 0 aliphatic carbocycles. The molecule has 1 aliphatic rings. The molecule has 1 aliphatic heterocycles. The van der Waals surface area contributed by atoms with Gasteiger partial charge >= 0.3 is 12.1 Å². The number of carboxylic acid groups (broad SMARTS) is 1. The fourth-order valence-electron chi connectivity index (χ4n) is 2.93. The van der Waals surface area contributed by atoms with Gasteiger partial charge < -0.3 is 10.4 Å². The average Bonchev–Trinajstić information content (AvgIpc) is 2.47. The Morgan fingerprint density at radius 1 is 1.41 bits per heavy atom. The fourth-order valence-corrected chi connectivity index (χ4v) is 2.93. The molecule has 1 aromatic carbocycles. The number of benzene rings is 1. The van der Waals surface area contributed by atoms with Crippen molar-refractivity contribution in [3.8, 4) is 0 Å². The van der Waals surface area contributed by atoms with Crippen LogP contribution >= 0.6 is 0 Å². The Balaban J connectivity index is 2.22. The molecule has 0 radical (unpaired) electrons. The topological polar surface area (TPSA) is 49.3 Å². The second-order valence-electron chi connectivity index (χ2n) is 5.66. The number of halogens is 3. The highest BCUT2D eigenvalue weighted by Gasteiger charge is 2.42. The lowest BCUT2D eigenvalue weighted by Crippen LogP contribution is -2.43. The maximum absolute atomic E-state index is 12.6. The van der Waals surface area contributed by atoms with Crippen molar-refractivity contribution in [2.75, 3.05) is 6.54 Å². The first-order chi connectivity index (χ1) is 10.3. The fraction of sp³-hybridized carbons (Fsp3) is 0.438. The summed E-state index contributed by atoms with van der Waals surface area (Å²) >= 11 is 0. The SMILES string of the molecule is C=CCC1(C(=O)O)CCN[C@H](c2ccc(C(F)(F)F)cc2)C1. The molecule has 22 heavy (non-hydrogen) atoms. The van der Waals surface area contributed by atoms with E-state index in [9.17, 15) is 23.1 Å². The van der Waals surface area contributed by atoms with Crippen molar-refractivity contribution in [2.45, 2.75) is 31.5 Å². The van der Waals surface area contributed by atoms with E-state index in [1.54, 1.807) is 6.08 Å². The molecule has 3 nitrogen and oxygen atoms in total. The number of rotatable bonds is 4. The van der Waals surface area contributed by atoms with Gasteiger partial charge in [-0.1, -0.05) is 18.2 Å². The minimum Gasteiger partial charge on any atom is -0.481 e. The average molecular weight is 313 g/mol. The van der Waals surface area contributed by atoms with Gasteiger partial charge in [-0.25, -0.2) is 0 Å². The van der Waals surface area contributed by atoms with Crippen LogP contribution in [-0.4, -0.2) is 17.6 Å². The summed E-state index contributed by atoms with van der Waals surface area (Å²) < 4.78 is 37.8. The zero-order valence-corrected chi connectivity index (χ0v) is 12.0. The third-order valence-electron chi connectivity index (χ3n) is 4.22. The van der Waals surface area contributed by atoms with Gasteiger partial charge in [0.2, 0.25) is 0 Å². The lowest BCUT2D eigenvalue weighted by molar-refractivity contribution is -0.151. The summed E-state index contributed by atoms with van der Waals surface area (Å²) in [6.45, 7) is 4.12. The first-order valence-electron chi connectivity index (χ1n) is 7.03. The predicted octanol–water partition coefficient (Wildman–Crippen LogP) is 3.78. The van der Waals surface area contributed by atoms with Crippen LogP contribution in [0.25, 0.3) is 0 Å². The van der Waals surface area contributed by atoms with Crippen LogP contribution in [0.4, 0.5) is 13.2 Å². The van der Waals surface area contributed by atoms with Gasteiger partial charge in [0.15, 0.2) is 0 Å². The number of alkyl halides is 3. The van der Waals surface area contributed by atoms with Crippen molar-refractivity contribution in [3.05, 3.63) is 48.0 Å². The third-order valence-corrected chi connectivity index (χ3v) is 4.22. The Morgan fingerprint density at radius 2 is 2.05 bits per heavy atom. The number of hydrogen-bond donors (Lipinski definition) is 2. The molecular weight excluding hydrogens is 295 g/mol. The largest absolute Gasteiger partial charge is 0.481 e. The van der Waals surface area contributed by atoms with Crippen LogP contribution in [-0.2, 0) is 11.0 Å². The second kappa shape index (κ2) is 6.12. The quantitative estimate of drug-likeness (QED) is 0.832. The summed E-state index contributed by atoms with van der Waals surface area (Å²) in [7, 11) is 0. The van der Waals surface area contributed by atoms with Crippen molar-refractivity contribution in [1.29, 1.82) is 0 Å². The standard InChI is InChI=1S/C16H18F3NO2/c1-2-7-15(14(21)22)8-9-20-13(10-15)11-3-5-12(6-4-11)16(17,18)19/h2-6,13,20H,1,7-10H2,(H,21,22)/t13-,15?/m0/s1. The van der Waals surface area contributed by atoms with Crippen LogP contribution in [0.5, 0.6) is 0 Å². The maximum Gasteiger partial charge on any atom is 0.416 e. The molecule has 0 spiro atoms. The van der Waals surface area contributed by atoms with Crippen LogP contribution in [0.3, 0.4) is 0 Å². The van der Waals surface area contributed by atoms with Crippen LogP contribution in [0.15, 0.2) is 36.9 Å². The maximum atomic E-state index is 12.6. The minimum absolute atomic E-state index is 0.271. The molecule has 1 fully saturated rings. The van der Waals surface area contributed by atoms with E-state index in [1.165, 1.54) is 12.1 Å². The molecule has 2 rings (SSSR count). The van der Waals surface area contributed by atoms with Crippen LogP contribution in [0.2, 0.25) is 0 Å². The minimum atomic E-state index is -4.37. The van der Waals surface area contributed by atoms with E-state index in [2.05, 4.69) is 11.9 Å². The highest BCUT2D eigenvalue weighted by molar-refractivity contribution is 5.75. The molecule has 1 aromatic rings. The first kappa shape index (κ1) is 16.5. The molecule has 1 heterocycles. The predicted molar refractivity (Wildman–Crippen MR) is 76.3 cm³/mol. The van der Waals surface area contributed by atoms with E-state index in [4.69, 9.17) is 0 Å². The lowest BCUT2D eigenvalue weighted by Gasteiger charge is -2.38. The van der Waals surface area contributed by atoms with Gasteiger partial charge in [0.25, 0.3) is 0 Å². The Hall–Kier alpha value is -1.82. The number of aliphatic carboxylic acids is 1. The normalized spacial score (nSPS) is 25.7. The highest BCUT2D eigenvalue weighted by Crippen LogP contribution is 2.41. The molecule has 2 N–H and O–H groups in total. The number of piperidine rings is 1. The molecule has 0 amide bonds. The van der Waals surface area contributed by atoms with E-state index in [0.29, 0.717) is 31.4 Å². The monoisotopic (exact) mass is 313 g/mol. The molecule has 6 heteroatoms. The van der Waals surface area contributed by atoms with Gasteiger partial charge in [0, 0.05) is 6.04 Å². The number of nitrogens with one attached hydrogen (secondary N) is 1. The van der Waals surface area contributed by atoms with Crippen molar-refractivity contribution in [1.82, 2.24) is 5.32 Å². The van der Waals surface area contributed by atoms with E-state index in [1.807, 2.05) is 0 Å². The molecule has 1 unspecified atom stereocenters. The van der Waals surface area contributed by atoms with Crippen molar-refractivity contribution in [3.63, 3.8) is 0 Å². The van der Waals surface area contributed by atoms with Gasteiger partial charge in [0.1, 0.15) is 0 Å². The smallest absolute Gasteiger partial charge is 0.416 e. The molecule has 0 bridgehead atoms. The molecule has 1 saturated heterocycles. The lowest BCUT2D eigenvalue weighted by atomic mass is 9.72. The van der Waals surface area contributed by atoms with E-state index >= 15 is 0 Å². The summed E-state index contributed by atoms with van der Waals surface area (Å²) in [5, 5.41) is 12.7. The highest BCUT2D eigenvalue weighted by atomic mass is 19.4. The van der Waals surface area contributed by atoms with E-state index in [0.717, 1.165) is 12.1 Å².